The summed E-state index contributed by atoms with van der Waals surface area (Å²) in [6.07, 6.45) is 0. The van der Waals surface area contributed by atoms with E-state index in [1.54, 1.807) is 60.7 Å². The first kappa shape index (κ1) is 25.6. The Labute approximate surface area is 236 Å². The summed E-state index contributed by atoms with van der Waals surface area (Å²) >= 11 is 6.74. The molecule has 0 aliphatic rings. The number of aromatic nitrogens is 1. The number of ether oxygens (including phenoxy) is 2. The Bertz CT molecular complexity index is 1500. The van der Waals surface area contributed by atoms with E-state index in [4.69, 9.17) is 14.5 Å². The van der Waals surface area contributed by atoms with Crippen molar-refractivity contribution in [3.63, 3.8) is 0 Å². The smallest absolute Gasteiger partial charge is 0.344 e. The topological polar surface area (TPSA) is 65.5 Å². The summed E-state index contributed by atoms with van der Waals surface area (Å²) in [5, 5.41) is 0. The highest BCUT2D eigenvalue weighted by molar-refractivity contribution is 9.10. The Balaban J connectivity index is 1.28. The lowest BCUT2D eigenvalue weighted by atomic mass is 10.1. The van der Waals surface area contributed by atoms with Crippen molar-refractivity contribution in [1.82, 2.24) is 4.98 Å². The zero-order chi connectivity index (χ0) is 26.5. The van der Waals surface area contributed by atoms with Gasteiger partial charge in [0.25, 0.3) is 0 Å². The van der Waals surface area contributed by atoms with Gasteiger partial charge in [0.1, 0.15) is 11.5 Å². The molecule has 0 radical (unpaired) electrons. The predicted octanol–water partition coefficient (Wildman–Crippen LogP) is 8.38. The SMILES string of the molecule is O=C(Oc1ccc(-c2cccc(-c3ccc(OC(=O)c4ccccc4Br)cc3)n2)cc1)c1ccccc1Br. The maximum Gasteiger partial charge on any atom is 0.344 e. The van der Waals surface area contributed by atoms with Gasteiger partial charge in [-0.05, 0) is 117 Å². The predicted molar refractivity (Wildman–Crippen MR) is 153 cm³/mol. The normalized spacial score (nSPS) is 10.6. The molecule has 38 heavy (non-hydrogen) atoms. The Morgan fingerprint density at radius 2 is 0.895 bits per heavy atom. The van der Waals surface area contributed by atoms with Crippen LogP contribution < -0.4 is 9.47 Å². The molecule has 5 rings (SSSR count). The third-order valence-electron chi connectivity index (χ3n) is 5.66. The molecular formula is C31H19Br2NO4. The number of esters is 2. The molecule has 0 N–H and O–H groups in total. The first-order valence-electron chi connectivity index (χ1n) is 11.6. The van der Waals surface area contributed by atoms with E-state index in [2.05, 4.69) is 31.9 Å². The van der Waals surface area contributed by atoms with Gasteiger partial charge in [-0.1, -0.05) is 30.3 Å². The van der Waals surface area contributed by atoms with Gasteiger partial charge in [0.15, 0.2) is 0 Å². The van der Waals surface area contributed by atoms with E-state index < -0.39 is 11.9 Å². The third-order valence-corrected chi connectivity index (χ3v) is 7.04. The Hall–Kier alpha value is -4.07. The molecule has 186 valence electrons. The lowest BCUT2D eigenvalue weighted by molar-refractivity contribution is 0.0724. The van der Waals surface area contributed by atoms with E-state index >= 15 is 0 Å². The largest absolute Gasteiger partial charge is 0.423 e. The van der Waals surface area contributed by atoms with Crippen molar-refractivity contribution < 1.29 is 19.1 Å². The summed E-state index contributed by atoms with van der Waals surface area (Å²) in [6, 6.07) is 34.4. The summed E-state index contributed by atoms with van der Waals surface area (Å²) < 4.78 is 12.4. The number of rotatable bonds is 6. The highest BCUT2D eigenvalue weighted by Crippen LogP contribution is 2.27. The minimum Gasteiger partial charge on any atom is -0.423 e. The molecule has 1 aromatic heterocycles. The van der Waals surface area contributed by atoms with Gasteiger partial charge >= 0.3 is 11.9 Å². The Morgan fingerprint density at radius 1 is 0.500 bits per heavy atom. The molecule has 0 amide bonds. The quantitative estimate of drug-likeness (QED) is 0.140. The van der Waals surface area contributed by atoms with Crippen LogP contribution in [0.15, 0.2) is 124 Å². The molecule has 4 aromatic carbocycles. The van der Waals surface area contributed by atoms with Crippen molar-refractivity contribution in [3.05, 3.63) is 135 Å². The summed E-state index contributed by atoms with van der Waals surface area (Å²) in [4.78, 5) is 29.7. The summed E-state index contributed by atoms with van der Waals surface area (Å²) in [5.74, 6) is 0.0170. The maximum atomic E-state index is 12.5. The average molecular weight is 629 g/mol. The highest BCUT2D eigenvalue weighted by Gasteiger charge is 2.13. The molecule has 0 bridgehead atoms. The van der Waals surface area contributed by atoms with Gasteiger partial charge in [-0.25, -0.2) is 14.6 Å². The van der Waals surface area contributed by atoms with Crippen molar-refractivity contribution >= 4 is 43.8 Å². The minimum atomic E-state index is -0.434. The first-order valence-corrected chi connectivity index (χ1v) is 13.2. The second-order valence-electron chi connectivity index (χ2n) is 8.20. The average Bonchev–Trinajstić information content (AvgIpc) is 2.94. The summed E-state index contributed by atoms with van der Waals surface area (Å²) in [5.41, 5.74) is 4.23. The van der Waals surface area contributed by atoms with Gasteiger partial charge in [-0.3, -0.25) is 0 Å². The van der Waals surface area contributed by atoms with Gasteiger partial charge in [-0.15, -0.1) is 0 Å². The number of hydrogen-bond acceptors (Lipinski definition) is 5. The van der Waals surface area contributed by atoms with Crippen LogP contribution in [0, 0.1) is 0 Å². The van der Waals surface area contributed by atoms with Crippen LogP contribution in [0.3, 0.4) is 0 Å². The second-order valence-corrected chi connectivity index (χ2v) is 9.90. The molecule has 0 saturated heterocycles. The first-order chi connectivity index (χ1) is 18.5. The van der Waals surface area contributed by atoms with E-state index in [0.29, 0.717) is 31.6 Å². The van der Waals surface area contributed by atoms with Crippen LogP contribution in [0.5, 0.6) is 11.5 Å². The molecule has 0 aliphatic heterocycles. The zero-order valence-corrected chi connectivity index (χ0v) is 23.0. The lowest BCUT2D eigenvalue weighted by Gasteiger charge is -2.09. The molecule has 0 aliphatic carbocycles. The number of carbonyl (C=O) groups is 2. The number of benzene rings is 4. The van der Waals surface area contributed by atoms with Gasteiger partial charge in [0.05, 0.1) is 22.5 Å². The van der Waals surface area contributed by atoms with E-state index in [1.807, 2.05) is 54.6 Å². The van der Waals surface area contributed by atoms with Crippen LogP contribution in [0.1, 0.15) is 20.7 Å². The fourth-order valence-electron chi connectivity index (χ4n) is 3.72. The van der Waals surface area contributed by atoms with Crippen LogP contribution in [0.2, 0.25) is 0 Å². The molecule has 0 atom stereocenters. The molecule has 0 spiro atoms. The molecule has 7 heteroatoms. The van der Waals surface area contributed by atoms with Crippen molar-refractivity contribution in [2.45, 2.75) is 0 Å². The summed E-state index contributed by atoms with van der Waals surface area (Å²) in [6.45, 7) is 0. The van der Waals surface area contributed by atoms with Crippen LogP contribution in [-0.2, 0) is 0 Å². The maximum absolute atomic E-state index is 12.5. The number of pyridine rings is 1. The molecule has 0 fully saturated rings. The number of hydrogen-bond donors (Lipinski definition) is 0. The van der Waals surface area contributed by atoms with Crippen molar-refractivity contribution in [3.8, 4) is 34.0 Å². The van der Waals surface area contributed by atoms with Crippen LogP contribution >= 0.6 is 31.9 Å². The second kappa shape index (κ2) is 11.5. The molecule has 0 unspecified atom stereocenters. The molecule has 1 heterocycles. The monoisotopic (exact) mass is 627 g/mol. The highest BCUT2D eigenvalue weighted by atomic mass is 79.9. The van der Waals surface area contributed by atoms with E-state index in [-0.39, 0.29) is 0 Å². The van der Waals surface area contributed by atoms with Crippen molar-refractivity contribution in [2.75, 3.05) is 0 Å². The number of halogens is 2. The molecule has 5 nitrogen and oxygen atoms in total. The fourth-order valence-corrected chi connectivity index (χ4v) is 4.61. The van der Waals surface area contributed by atoms with E-state index in [0.717, 1.165) is 22.5 Å². The van der Waals surface area contributed by atoms with Crippen molar-refractivity contribution in [1.29, 1.82) is 0 Å². The summed E-state index contributed by atoms with van der Waals surface area (Å²) in [7, 11) is 0. The van der Waals surface area contributed by atoms with Gasteiger partial charge in [-0.2, -0.15) is 0 Å². The Kier molecular flexibility index (Phi) is 7.77. The lowest BCUT2D eigenvalue weighted by Crippen LogP contribution is -2.09. The van der Waals surface area contributed by atoms with E-state index in [9.17, 15) is 9.59 Å². The molecule has 5 aromatic rings. The number of carbonyl (C=O) groups excluding carboxylic acids is 2. The van der Waals surface area contributed by atoms with Gasteiger partial charge in [0, 0.05) is 20.1 Å². The Morgan fingerprint density at radius 3 is 1.29 bits per heavy atom. The fraction of sp³-hybridized carbons (Fsp3) is 0. The van der Waals surface area contributed by atoms with Crippen molar-refractivity contribution in [2.24, 2.45) is 0 Å². The molecule has 0 saturated carbocycles. The van der Waals surface area contributed by atoms with Crippen LogP contribution in [0.4, 0.5) is 0 Å². The molecular weight excluding hydrogens is 610 g/mol. The third kappa shape index (κ3) is 5.90. The zero-order valence-electron chi connectivity index (χ0n) is 19.8. The van der Waals surface area contributed by atoms with Gasteiger partial charge < -0.3 is 9.47 Å². The van der Waals surface area contributed by atoms with Crippen LogP contribution in [-0.4, -0.2) is 16.9 Å². The standard InChI is InChI=1S/C31H19Br2NO4/c32-26-8-3-1-6-24(26)30(35)37-22-16-12-20(13-17-22)28-10-5-11-29(34-28)21-14-18-23(19-15-21)38-31(36)25-7-2-4-9-27(25)33/h1-19H. The van der Waals surface area contributed by atoms with Crippen LogP contribution in [0.25, 0.3) is 22.5 Å². The van der Waals surface area contributed by atoms with E-state index in [1.165, 1.54) is 0 Å². The van der Waals surface area contributed by atoms with Gasteiger partial charge in [0.2, 0.25) is 0 Å². The number of nitrogens with zero attached hydrogens (tertiary/aromatic N) is 1. The minimum absolute atomic E-state index is 0.434.